The average molecular weight is 359 g/mol. The fourth-order valence-corrected chi connectivity index (χ4v) is 3.70. The molecule has 1 fully saturated rings. The van der Waals surface area contributed by atoms with Gasteiger partial charge in [0.2, 0.25) is 0 Å². The molecule has 2 amide bonds. The Hall–Kier alpha value is -2.11. The lowest BCUT2D eigenvalue weighted by Crippen LogP contribution is -2.63. The van der Waals surface area contributed by atoms with E-state index in [4.69, 9.17) is 4.74 Å². The zero-order chi connectivity index (χ0) is 18.6. The van der Waals surface area contributed by atoms with Crippen LogP contribution in [0.1, 0.15) is 65.2 Å². The largest absolute Gasteiger partial charge is 0.464 e. The number of hydrogen-bond acceptors (Lipinski definition) is 4. The van der Waals surface area contributed by atoms with Crippen molar-refractivity contribution in [2.24, 2.45) is 0 Å². The van der Waals surface area contributed by atoms with Crippen LogP contribution in [-0.2, 0) is 9.59 Å². The Morgan fingerprint density at radius 1 is 1.35 bits per heavy atom. The summed E-state index contributed by atoms with van der Waals surface area (Å²) < 4.78 is 5.91. The SMILES string of the molecule is CCCCN1C(=O)[C@](C)(C(=O)NC2CCCCCC2)Oc2cccnc21. The number of amides is 2. The van der Waals surface area contributed by atoms with E-state index >= 15 is 0 Å². The van der Waals surface area contributed by atoms with E-state index < -0.39 is 5.60 Å². The van der Waals surface area contributed by atoms with E-state index in [1.807, 2.05) is 0 Å². The van der Waals surface area contributed by atoms with Gasteiger partial charge in [0, 0.05) is 18.8 Å². The fourth-order valence-electron chi connectivity index (χ4n) is 3.70. The van der Waals surface area contributed by atoms with Crippen LogP contribution in [-0.4, -0.2) is 35.0 Å². The van der Waals surface area contributed by atoms with Crippen molar-refractivity contribution < 1.29 is 14.3 Å². The van der Waals surface area contributed by atoms with Crippen molar-refractivity contribution in [1.29, 1.82) is 0 Å². The first kappa shape index (κ1) is 18.7. The van der Waals surface area contributed by atoms with Crippen LogP contribution in [0, 0.1) is 0 Å². The predicted molar refractivity (Wildman–Crippen MR) is 100 cm³/mol. The maximum atomic E-state index is 13.2. The van der Waals surface area contributed by atoms with Crippen molar-refractivity contribution in [2.75, 3.05) is 11.4 Å². The van der Waals surface area contributed by atoms with Gasteiger partial charge in [-0.15, -0.1) is 0 Å². The molecule has 1 N–H and O–H groups in total. The normalized spacial score (nSPS) is 23.8. The molecule has 3 rings (SSSR count). The number of fused-ring (bicyclic) bond motifs is 1. The summed E-state index contributed by atoms with van der Waals surface area (Å²) in [6.45, 7) is 4.19. The molecular weight excluding hydrogens is 330 g/mol. The summed E-state index contributed by atoms with van der Waals surface area (Å²) in [7, 11) is 0. The molecular formula is C20H29N3O3. The van der Waals surface area contributed by atoms with E-state index in [1.165, 1.54) is 12.8 Å². The van der Waals surface area contributed by atoms with E-state index in [1.54, 1.807) is 30.2 Å². The Morgan fingerprint density at radius 2 is 2.08 bits per heavy atom. The first-order valence-corrected chi connectivity index (χ1v) is 9.83. The van der Waals surface area contributed by atoms with Crippen molar-refractivity contribution in [2.45, 2.75) is 76.9 Å². The topological polar surface area (TPSA) is 71.5 Å². The first-order chi connectivity index (χ1) is 12.6. The third kappa shape index (κ3) is 3.69. The number of nitrogens with zero attached hydrogens (tertiary/aromatic N) is 2. The van der Waals surface area contributed by atoms with E-state index in [-0.39, 0.29) is 17.9 Å². The Labute approximate surface area is 155 Å². The summed E-state index contributed by atoms with van der Waals surface area (Å²) in [6.07, 6.45) is 10.0. The molecule has 1 aromatic heterocycles. The molecule has 0 aromatic carbocycles. The number of aromatic nitrogens is 1. The van der Waals surface area contributed by atoms with E-state index in [2.05, 4.69) is 17.2 Å². The number of unbranched alkanes of at least 4 members (excludes halogenated alkanes) is 1. The van der Waals surface area contributed by atoms with Crippen molar-refractivity contribution in [3.05, 3.63) is 18.3 Å². The fraction of sp³-hybridized carbons (Fsp3) is 0.650. The van der Waals surface area contributed by atoms with Gasteiger partial charge in [-0.3, -0.25) is 14.5 Å². The van der Waals surface area contributed by atoms with Gasteiger partial charge in [-0.25, -0.2) is 4.98 Å². The first-order valence-electron chi connectivity index (χ1n) is 9.83. The maximum Gasteiger partial charge on any atom is 0.282 e. The van der Waals surface area contributed by atoms with Gasteiger partial charge in [0.1, 0.15) is 0 Å². The van der Waals surface area contributed by atoms with Gasteiger partial charge in [-0.05, 0) is 38.3 Å². The highest BCUT2D eigenvalue weighted by molar-refractivity contribution is 6.16. The third-order valence-corrected chi connectivity index (χ3v) is 5.33. The van der Waals surface area contributed by atoms with Gasteiger partial charge < -0.3 is 10.1 Å². The number of ether oxygens (including phenoxy) is 1. The van der Waals surface area contributed by atoms with Gasteiger partial charge >= 0.3 is 0 Å². The number of carbonyl (C=O) groups excluding carboxylic acids is 2. The van der Waals surface area contributed by atoms with Crippen LogP contribution >= 0.6 is 0 Å². The minimum absolute atomic E-state index is 0.123. The molecule has 0 spiro atoms. The Kier molecular flexibility index (Phi) is 5.79. The van der Waals surface area contributed by atoms with Crippen LogP contribution in [0.5, 0.6) is 5.75 Å². The summed E-state index contributed by atoms with van der Waals surface area (Å²) >= 11 is 0. The summed E-state index contributed by atoms with van der Waals surface area (Å²) in [4.78, 5) is 32.1. The van der Waals surface area contributed by atoms with Crippen LogP contribution in [0.15, 0.2) is 18.3 Å². The van der Waals surface area contributed by atoms with Crippen molar-refractivity contribution >= 4 is 17.6 Å². The number of carbonyl (C=O) groups is 2. The monoisotopic (exact) mass is 359 g/mol. The number of anilines is 1. The van der Waals surface area contributed by atoms with Gasteiger partial charge in [-0.1, -0.05) is 39.0 Å². The molecule has 0 radical (unpaired) electrons. The predicted octanol–water partition coefficient (Wildman–Crippen LogP) is 3.20. The Morgan fingerprint density at radius 3 is 2.77 bits per heavy atom. The van der Waals surface area contributed by atoms with Gasteiger partial charge in [-0.2, -0.15) is 0 Å². The Balaban J connectivity index is 1.83. The third-order valence-electron chi connectivity index (χ3n) is 5.33. The van der Waals surface area contributed by atoms with Crippen molar-refractivity contribution in [3.8, 4) is 5.75 Å². The molecule has 0 unspecified atom stereocenters. The van der Waals surface area contributed by atoms with E-state index in [0.717, 1.165) is 38.5 Å². The lowest BCUT2D eigenvalue weighted by atomic mass is 9.99. The van der Waals surface area contributed by atoms with Crippen LogP contribution < -0.4 is 15.0 Å². The van der Waals surface area contributed by atoms with E-state index in [0.29, 0.717) is 18.1 Å². The van der Waals surface area contributed by atoms with Crippen LogP contribution in [0.3, 0.4) is 0 Å². The van der Waals surface area contributed by atoms with Crippen molar-refractivity contribution in [1.82, 2.24) is 10.3 Å². The molecule has 1 aliphatic carbocycles. The summed E-state index contributed by atoms with van der Waals surface area (Å²) in [5.41, 5.74) is -1.55. The van der Waals surface area contributed by atoms with Gasteiger partial charge in [0.25, 0.3) is 17.4 Å². The van der Waals surface area contributed by atoms with Crippen molar-refractivity contribution in [3.63, 3.8) is 0 Å². The summed E-state index contributed by atoms with van der Waals surface area (Å²) in [6, 6.07) is 3.65. The summed E-state index contributed by atoms with van der Waals surface area (Å²) in [5, 5.41) is 3.08. The number of nitrogens with one attached hydrogen (secondary N) is 1. The lowest BCUT2D eigenvalue weighted by Gasteiger charge is -2.39. The highest BCUT2D eigenvalue weighted by Crippen LogP contribution is 2.36. The molecule has 2 heterocycles. The second-order valence-corrected chi connectivity index (χ2v) is 7.43. The molecule has 1 saturated carbocycles. The zero-order valence-corrected chi connectivity index (χ0v) is 15.8. The minimum atomic E-state index is -1.55. The van der Waals surface area contributed by atoms with Crippen LogP contribution in [0.2, 0.25) is 0 Å². The highest BCUT2D eigenvalue weighted by Gasteiger charge is 2.51. The molecule has 1 aromatic rings. The molecule has 26 heavy (non-hydrogen) atoms. The molecule has 6 heteroatoms. The lowest BCUT2D eigenvalue weighted by molar-refractivity contribution is -0.149. The van der Waals surface area contributed by atoms with E-state index in [9.17, 15) is 9.59 Å². The molecule has 0 bridgehead atoms. The number of hydrogen-bond donors (Lipinski definition) is 1. The minimum Gasteiger partial charge on any atom is -0.464 e. The second kappa shape index (κ2) is 8.06. The molecule has 6 nitrogen and oxygen atoms in total. The molecule has 1 aliphatic heterocycles. The van der Waals surface area contributed by atoms with Gasteiger partial charge in [0.05, 0.1) is 0 Å². The smallest absolute Gasteiger partial charge is 0.282 e. The second-order valence-electron chi connectivity index (χ2n) is 7.43. The zero-order valence-electron chi connectivity index (χ0n) is 15.8. The molecule has 1 atom stereocenters. The molecule has 0 saturated heterocycles. The molecule has 2 aliphatic rings. The average Bonchev–Trinajstić information content (AvgIpc) is 2.91. The maximum absolute atomic E-state index is 13.2. The quantitative estimate of drug-likeness (QED) is 0.647. The summed E-state index contributed by atoms with van der Waals surface area (Å²) in [5.74, 6) is 0.320. The highest BCUT2D eigenvalue weighted by atomic mass is 16.5. The standard InChI is InChI=1S/C20H29N3O3/c1-3-4-14-23-17-16(12-9-13-21-17)26-20(2,19(23)25)18(24)22-15-10-7-5-6-8-11-15/h9,12-13,15H,3-8,10-11,14H2,1-2H3,(H,22,24)/t20-/m0/s1. The Bertz CT molecular complexity index is 655. The number of rotatable bonds is 5. The van der Waals surface area contributed by atoms with Crippen LogP contribution in [0.4, 0.5) is 5.82 Å². The van der Waals surface area contributed by atoms with Gasteiger partial charge in [0.15, 0.2) is 11.6 Å². The molecule has 142 valence electrons. The number of pyridine rings is 1. The van der Waals surface area contributed by atoms with Crippen LogP contribution in [0.25, 0.3) is 0 Å².